The number of aliphatic carboxylic acids is 1. The monoisotopic (exact) mass is 240 g/mol. The first-order valence-corrected chi connectivity index (χ1v) is 5.70. The van der Waals surface area contributed by atoms with E-state index >= 15 is 0 Å². The summed E-state index contributed by atoms with van der Waals surface area (Å²) in [6.45, 7) is 3.68. The molecule has 3 nitrogen and oxygen atoms in total. The second-order valence-electron chi connectivity index (χ2n) is 4.00. The van der Waals surface area contributed by atoms with Gasteiger partial charge in [0.1, 0.15) is 11.6 Å². The molecule has 0 aliphatic rings. The normalized spacial score (nSPS) is 12.2. The Labute approximate surface area is 100 Å². The van der Waals surface area contributed by atoms with Crippen molar-refractivity contribution in [2.75, 3.05) is 0 Å². The van der Waals surface area contributed by atoms with Crippen LogP contribution in [0.4, 0.5) is 4.39 Å². The van der Waals surface area contributed by atoms with Crippen LogP contribution in [0.5, 0.6) is 5.75 Å². The zero-order valence-electron chi connectivity index (χ0n) is 10.1. The summed E-state index contributed by atoms with van der Waals surface area (Å²) in [4.78, 5) is 11.0. The van der Waals surface area contributed by atoms with E-state index in [9.17, 15) is 9.18 Å². The number of carboxylic acid groups (broad SMARTS) is 1. The van der Waals surface area contributed by atoms with Gasteiger partial charge in [-0.2, -0.15) is 0 Å². The zero-order chi connectivity index (χ0) is 12.8. The van der Waals surface area contributed by atoms with E-state index in [0.29, 0.717) is 17.7 Å². The highest BCUT2D eigenvalue weighted by atomic mass is 19.1. The van der Waals surface area contributed by atoms with E-state index in [2.05, 4.69) is 0 Å². The molecule has 0 spiro atoms. The van der Waals surface area contributed by atoms with E-state index in [1.165, 1.54) is 18.2 Å². The molecule has 0 aliphatic carbocycles. The van der Waals surface area contributed by atoms with Crippen LogP contribution in [0.1, 0.15) is 31.7 Å². The Balaban J connectivity index is 2.75. The first kappa shape index (κ1) is 13.5. The van der Waals surface area contributed by atoms with Crippen LogP contribution in [0.25, 0.3) is 0 Å². The number of hydrogen-bond donors (Lipinski definition) is 1. The summed E-state index contributed by atoms with van der Waals surface area (Å²) in [6.07, 6.45) is 1.30. The average molecular weight is 240 g/mol. The van der Waals surface area contributed by atoms with Crippen molar-refractivity contribution in [2.24, 2.45) is 0 Å². The minimum atomic E-state index is -0.984. The maximum absolute atomic E-state index is 12.9. The molecule has 0 aliphatic heterocycles. The van der Waals surface area contributed by atoms with E-state index in [4.69, 9.17) is 9.84 Å². The van der Waals surface area contributed by atoms with Crippen molar-refractivity contribution in [2.45, 2.75) is 39.2 Å². The molecule has 4 heteroatoms. The van der Waals surface area contributed by atoms with E-state index in [-0.39, 0.29) is 5.82 Å². The van der Waals surface area contributed by atoms with Crippen molar-refractivity contribution in [3.8, 4) is 5.75 Å². The zero-order valence-corrected chi connectivity index (χ0v) is 10.1. The standard InChI is InChI=1S/C13H17FO3/c1-3-4-5-12(13(15)16)17-11-7-6-10(14)8-9(11)2/h6-8,12H,3-5H2,1-2H3,(H,15,16). The summed E-state index contributed by atoms with van der Waals surface area (Å²) in [6, 6.07) is 4.06. The third kappa shape index (κ3) is 4.06. The van der Waals surface area contributed by atoms with Gasteiger partial charge in [-0.25, -0.2) is 9.18 Å². The van der Waals surface area contributed by atoms with Crippen molar-refractivity contribution in [3.63, 3.8) is 0 Å². The topological polar surface area (TPSA) is 46.5 Å². The summed E-state index contributed by atoms with van der Waals surface area (Å²) < 4.78 is 18.3. The Morgan fingerprint density at radius 1 is 1.53 bits per heavy atom. The Morgan fingerprint density at radius 2 is 2.24 bits per heavy atom. The van der Waals surface area contributed by atoms with Crippen LogP contribution in [0, 0.1) is 12.7 Å². The van der Waals surface area contributed by atoms with Gasteiger partial charge in [0.2, 0.25) is 0 Å². The van der Waals surface area contributed by atoms with Crippen molar-refractivity contribution in [1.29, 1.82) is 0 Å². The molecule has 0 aromatic heterocycles. The van der Waals surface area contributed by atoms with Crippen LogP contribution < -0.4 is 4.74 Å². The number of hydrogen-bond acceptors (Lipinski definition) is 2. The van der Waals surface area contributed by atoms with Gasteiger partial charge < -0.3 is 9.84 Å². The molecule has 0 saturated heterocycles. The summed E-state index contributed by atoms with van der Waals surface area (Å²) in [5.74, 6) is -0.910. The lowest BCUT2D eigenvalue weighted by Gasteiger charge is -2.16. The van der Waals surface area contributed by atoms with E-state index in [0.717, 1.165) is 12.8 Å². The van der Waals surface area contributed by atoms with Gasteiger partial charge in [0, 0.05) is 0 Å². The van der Waals surface area contributed by atoms with Crippen molar-refractivity contribution in [1.82, 2.24) is 0 Å². The predicted octanol–water partition coefficient (Wildman–Crippen LogP) is 3.16. The molecule has 1 aromatic rings. The number of aryl methyl sites for hydroxylation is 1. The second kappa shape index (κ2) is 6.23. The summed E-state index contributed by atoms with van der Waals surface area (Å²) in [7, 11) is 0. The van der Waals surface area contributed by atoms with E-state index in [1.54, 1.807) is 6.92 Å². The Hall–Kier alpha value is -1.58. The van der Waals surface area contributed by atoms with Gasteiger partial charge in [-0.05, 0) is 43.5 Å². The maximum atomic E-state index is 12.9. The first-order chi connectivity index (χ1) is 8.04. The molecule has 94 valence electrons. The Morgan fingerprint density at radius 3 is 2.76 bits per heavy atom. The number of carbonyl (C=O) groups is 1. The third-order valence-electron chi connectivity index (χ3n) is 2.50. The van der Waals surface area contributed by atoms with Gasteiger partial charge in [0.05, 0.1) is 0 Å². The molecule has 0 radical (unpaired) electrons. The van der Waals surface area contributed by atoms with Gasteiger partial charge >= 0.3 is 5.97 Å². The second-order valence-corrected chi connectivity index (χ2v) is 4.00. The van der Waals surface area contributed by atoms with E-state index in [1.807, 2.05) is 6.92 Å². The van der Waals surface area contributed by atoms with Crippen LogP contribution in [0.3, 0.4) is 0 Å². The Kier molecular flexibility index (Phi) is 4.94. The van der Waals surface area contributed by atoms with Crippen LogP contribution in [0.15, 0.2) is 18.2 Å². The minimum absolute atomic E-state index is 0.352. The fourth-order valence-electron chi connectivity index (χ4n) is 1.52. The molecule has 0 amide bonds. The smallest absolute Gasteiger partial charge is 0.344 e. The quantitative estimate of drug-likeness (QED) is 0.830. The molecule has 1 aromatic carbocycles. The SMILES string of the molecule is CCCCC(Oc1ccc(F)cc1C)C(=O)O. The number of halogens is 1. The van der Waals surface area contributed by atoms with Crippen LogP contribution >= 0.6 is 0 Å². The van der Waals surface area contributed by atoms with Crippen LogP contribution in [-0.4, -0.2) is 17.2 Å². The lowest BCUT2D eigenvalue weighted by molar-refractivity contribution is -0.145. The largest absolute Gasteiger partial charge is 0.479 e. The molecule has 1 rings (SSSR count). The fourth-order valence-corrected chi connectivity index (χ4v) is 1.52. The molecule has 0 saturated carbocycles. The maximum Gasteiger partial charge on any atom is 0.344 e. The minimum Gasteiger partial charge on any atom is -0.479 e. The number of rotatable bonds is 6. The predicted molar refractivity (Wildman–Crippen MR) is 62.7 cm³/mol. The number of ether oxygens (including phenoxy) is 1. The molecule has 17 heavy (non-hydrogen) atoms. The third-order valence-corrected chi connectivity index (χ3v) is 2.50. The lowest BCUT2D eigenvalue weighted by Crippen LogP contribution is -2.27. The Bertz CT molecular complexity index is 390. The first-order valence-electron chi connectivity index (χ1n) is 5.70. The molecular formula is C13H17FO3. The van der Waals surface area contributed by atoms with Gasteiger partial charge in [0.25, 0.3) is 0 Å². The van der Waals surface area contributed by atoms with Crippen molar-refractivity contribution in [3.05, 3.63) is 29.6 Å². The summed E-state index contributed by atoms with van der Waals surface area (Å²) in [5.41, 5.74) is 0.604. The van der Waals surface area contributed by atoms with Gasteiger partial charge in [-0.15, -0.1) is 0 Å². The van der Waals surface area contributed by atoms with Crippen LogP contribution in [0.2, 0.25) is 0 Å². The molecular weight excluding hydrogens is 223 g/mol. The van der Waals surface area contributed by atoms with Gasteiger partial charge in [-0.1, -0.05) is 13.3 Å². The highest BCUT2D eigenvalue weighted by Gasteiger charge is 2.19. The lowest BCUT2D eigenvalue weighted by atomic mass is 10.1. The van der Waals surface area contributed by atoms with E-state index < -0.39 is 12.1 Å². The highest BCUT2D eigenvalue weighted by molar-refractivity contribution is 5.72. The van der Waals surface area contributed by atoms with Gasteiger partial charge in [0.15, 0.2) is 6.10 Å². The molecule has 1 N–H and O–H groups in total. The molecule has 1 atom stereocenters. The highest BCUT2D eigenvalue weighted by Crippen LogP contribution is 2.21. The molecule has 0 heterocycles. The molecule has 0 bridgehead atoms. The van der Waals surface area contributed by atoms with Crippen LogP contribution in [-0.2, 0) is 4.79 Å². The fraction of sp³-hybridized carbons (Fsp3) is 0.462. The van der Waals surface area contributed by atoms with Crippen molar-refractivity contribution < 1.29 is 19.0 Å². The van der Waals surface area contributed by atoms with Crippen molar-refractivity contribution >= 4 is 5.97 Å². The summed E-state index contributed by atoms with van der Waals surface area (Å²) >= 11 is 0. The van der Waals surface area contributed by atoms with Gasteiger partial charge in [-0.3, -0.25) is 0 Å². The molecule has 0 fully saturated rings. The number of benzene rings is 1. The average Bonchev–Trinajstić information content (AvgIpc) is 2.26. The number of carboxylic acids is 1. The summed E-state index contributed by atoms with van der Waals surface area (Å²) in [5, 5.41) is 9.01. The molecule has 1 unspecified atom stereocenters. The number of unbranched alkanes of at least 4 members (excludes halogenated alkanes) is 1.